The Morgan fingerprint density at radius 1 is 0.926 bits per heavy atom. The van der Waals surface area contributed by atoms with Crippen molar-refractivity contribution in [2.45, 2.75) is 38.1 Å². The van der Waals surface area contributed by atoms with Gasteiger partial charge in [0.15, 0.2) is 0 Å². The van der Waals surface area contributed by atoms with E-state index in [1.54, 1.807) is 30.1 Å². The minimum absolute atomic E-state index is 0.0164. The third kappa shape index (κ3) is 3.03. The molecule has 27 heavy (non-hydrogen) atoms. The second kappa shape index (κ2) is 6.99. The highest BCUT2D eigenvalue weighted by Crippen LogP contribution is 2.31. The van der Waals surface area contributed by atoms with Gasteiger partial charge < -0.3 is 4.90 Å². The fourth-order valence-electron chi connectivity index (χ4n) is 4.03. The number of carbonyl (C=O) groups is 3. The lowest BCUT2D eigenvalue weighted by atomic mass is 9.94. The zero-order chi connectivity index (χ0) is 19.0. The number of nitrogens with zero attached hydrogens (tertiary/aromatic N) is 2. The molecule has 0 unspecified atom stereocenters. The van der Waals surface area contributed by atoms with Crippen molar-refractivity contribution < 1.29 is 14.4 Å². The van der Waals surface area contributed by atoms with Crippen LogP contribution >= 0.6 is 0 Å². The van der Waals surface area contributed by atoms with Crippen molar-refractivity contribution in [3.8, 4) is 0 Å². The van der Waals surface area contributed by atoms with Crippen molar-refractivity contribution >= 4 is 23.4 Å². The van der Waals surface area contributed by atoms with E-state index in [1.807, 2.05) is 30.3 Å². The summed E-state index contributed by atoms with van der Waals surface area (Å²) >= 11 is 0. The van der Waals surface area contributed by atoms with Crippen molar-refractivity contribution in [3.05, 3.63) is 65.2 Å². The van der Waals surface area contributed by atoms with Crippen molar-refractivity contribution in [2.24, 2.45) is 0 Å². The van der Waals surface area contributed by atoms with E-state index < -0.39 is 0 Å². The van der Waals surface area contributed by atoms with Crippen LogP contribution in [0.5, 0.6) is 0 Å². The molecule has 5 heteroatoms. The molecule has 0 spiro atoms. The van der Waals surface area contributed by atoms with Gasteiger partial charge in [-0.25, -0.2) is 0 Å². The molecule has 1 aliphatic carbocycles. The van der Waals surface area contributed by atoms with Crippen LogP contribution in [-0.2, 0) is 0 Å². The molecule has 0 N–H and O–H groups in total. The third-order valence-electron chi connectivity index (χ3n) is 5.55. The lowest BCUT2D eigenvalue weighted by Gasteiger charge is -2.29. The van der Waals surface area contributed by atoms with Crippen LogP contribution in [0.15, 0.2) is 48.5 Å². The Kier molecular flexibility index (Phi) is 4.52. The predicted molar refractivity (Wildman–Crippen MR) is 103 cm³/mol. The van der Waals surface area contributed by atoms with Crippen LogP contribution in [0.3, 0.4) is 0 Å². The smallest absolute Gasteiger partial charge is 0.261 e. The molecule has 4 rings (SSSR count). The van der Waals surface area contributed by atoms with Gasteiger partial charge in [0.2, 0.25) is 0 Å². The lowest BCUT2D eigenvalue weighted by molar-refractivity contribution is 0.0549. The summed E-state index contributed by atoms with van der Waals surface area (Å²) in [5.41, 5.74) is 1.93. The maximum atomic E-state index is 12.9. The Morgan fingerprint density at radius 2 is 1.59 bits per heavy atom. The molecule has 0 radical (unpaired) electrons. The van der Waals surface area contributed by atoms with Crippen LogP contribution in [0, 0.1) is 0 Å². The SMILES string of the molecule is CN(C(=O)c1ccc2c(c1)C(=O)N(C1CCCCC1)C2=O)c1ccccc1. The molecule has 1 heterocycles. The minimum Gasteiger partial charge on any atom is -0.311 e. The van der Waals surface area contributed by atoms with E-state index in [4.69, 9.17) is 0 Å². The van der Waals surface area contributed by atoms with Gasteiger partial charge in [-0.15, -0.1) is 0 Å². The Bertz CT molecular complexity index is 901. The van der Waals surface area contributed by atoms with Gasteiger partial charge in [-0.1, -0.05) is 37.5 Å². The molecular weight excluding hydrogens is 340 g/mol. The van der Waals surface area contributed by atoms with Crippen LogP contribution in [0.1, 0.15) is 63.2 Å². The number of para-hydroxylation sites is 1. The molecule has 0 saturated heterocycles. The number of anilines is 1. The van der Waals surface area contributed by atoms with Gasteiger partial charge in [-0.3, -0.25) is 19.3 Å². The zero-order valence-corrected chi connectivity index (χ0v) is 15.4. The molecule has 0 aromatic heterocycles. The first-order valence-electron chi connectivity index (χ1n) is 9.43. The van der Waals surface area contributed by atoms with Gasteiger partial charge in [0, 0.05) is 24.3 Å². The number of hydrogen-bond donors (Lipinski definition) is 0. The van der Waals surface area contributed by atoms with Crippen LogP contribution in [0.25, 0.3) is 0 Å². The molecule has 2 aliphatic rings. The summed E-state index contributed by atoms with van der Waals surface area (Å²) in [7, 11) is 1.70. The Balaban J connectivity index is 1.62. The lowest BCUT2D eigenvalue weighted by Crippen LogP contribution is -2.40. The molecule has 1 fully saturated rings. The number of rotatable bonds is 3. The molecule has 1 saturated carbocycles. The number of imide groups is 1. The largest absolute Gasteiger partial charge is 0.311 e. The topological polar surface area (TPSA) is 57.7 Å². The quantitative estimate of drug-likeness (QED) is 0.778. The molecule has 5 nitrogen and oxygen atoms in total. The van der Waals surface area contributed by atoms with E-state index in [0.29, 0.717) is 16.7 Å². The highest BCUT2D eigenvalue weighted by Gasteiger charge is 2.40. The van der Waals surface area contributed by atoms with Gasteiger partial charge >= 0.3 is 0 Å². The van der Waals surface area contributed by atoms with Crippen LogP contribution < -0.4 is 4.90 Å². The summed E-state index contributed by atoms with van der Waals surface area (Å²) in [4.78, 5) is 41.4. The third-order valence-corrected chi connectivity index (χ3v) is 5.55. The molecule has 0 bridgehead atoms. The van der Waals surface area contributed by atoms with Gasteiger partial charge in [0.1, 0.15) is 0 Å². The van der Waals surface area contributed by atoms with E-state index in [2.05, 4.69) is 0 Å². The first-order chi connectivity index (χ1) is 13.1. The molecule has 2 aromatic carbocycles. The predicted octanol–water partition coefficient (Wildman–Crippen LogP) is 3.89. The first kappa shape index (κ1) is 17.5. The van der Waals surface area contributed by atoms with E-state index in [-0.39, 0.29) is 23.8 Å². The summed E-state index contributed by atoms with van der Waals surface area (Å²) < 4.78 is 0. The number of benzene rings is 2. The summed E-state index contributed by atoms with van der Waals surface area (Å²) in [5, 5.41) is 0. The highest BCUT2D eigenvalue weighted by atomic mass is 16.2. The second-order valence-electron chi connectivity index (χ2n) is 7.23. The first-order valence-corrected chi connectivity index (χ1v) is 9.43. The van der Waals surface area contributed by atoms with E-state index in [1.165, 1.54) is 4.90 Å². The van der Waals surface area contributed by atoms with Gasteiger partial charge in [-0.2, -0.15) is 0 Å². The molecular formula is C22H22N2O3. The second-order valence-corrected chi connectivity index (χ2v) is 7.23. The van der Waals surface area contributed by atoms with E-state index >= 15 is 0 Å². The molecule has 3 amide bonds. The maximum Gasteiger partial charge on any atom is 0.261 e. The van der Waals surface area contributed by atoms with Crippen LogP contribution in [-0.4, -0.2) is 35.7 Å². The Labute approximate surface area is 158 Å². The standard InChI is InChI=1S/C22H22N2O3/c1-23(16-8-4-2-5-9-16)20(25)15-12-13-18-19(14-15)22(27)24(21(18)26)17-10-6-3-7-11-17/h2,4-5,8-9,12-14,17H,3,6-7,10-11H2,1H3. The molecule has 0 atom stereocenters. The fourth-order valence-corrected chi connectivity index (χ4v) is 4.03. The zero-order valence-electron chi connectivity index (χ0n) is 15.4. The monoisotopic (exact) mass is 362 g/mol. The fraction of sp³-hybridized carbons (Fsp3) is 0.318. The van der Waals surface area contributed by atoms with E-state index in [9.17, 15) is 14.4 Å². The normalized spacial score (nSPS) is 17.1. The van der Waals surface area contributed by atoms with Crippen LogP contribution in [0.2, 0.25) is 0 Å². The van der Waals surface area contributed by atoms with Crippen molar-refractivity contribution in [2.75, 3.05) is 11.9 Å². The van der Waals surface area contributed by atoms with Crippen molar-refractivity contribution in [1.82, 2.24) is 4.90 Å². The molecule has 138 valence electrons. The minimum atomic E-state index is -0.265. The number of carbonyl (C=O) groups excluding carboxylic acids is 3. The van der Waals surface area contributed by atoms with Gasteiger partial charge in [-0.05, 0) is 43.2 Å². The number of fused-ring (bicyclic) bond motifs is 1. The van der Waals surface area contributed by atoms with Crippen LogP contribution in [0.4, 0.5) is 5.69 Å². The summed E-state index contributed by atoms with van der Waals surface area (Å²) in [6.45, 7) is 0. The summed E-state index contributed by atoms with van der Waals surface area (Å²) in [6, 6.07) is 14.1. The Morgan fingerprint density at radius 3 is 2.30 bits per heavy atom. The summed E-state index contributed by atoms with van der Waals surface area (Å²) in [6.07, 6.45) is 4.99. The van der Waals surface area contributed by atoms with Crippen molar-refractivity contribution in [3.63, 3.8) is 0 Å². The van der Waals surface area contributed by atoms with Crippen molar-refractivity contribution in [1.29, 1.82) is 0 Å². The van der Waals surface area contributed by atoms with E-state index in [0.717, 1.165) is 37.8 Å². The number of hydrogen-bond acceptors (Lipinski definition) is 3. The highest BCUT2D eigenvalue weighted by molar-refractivity contribution is 6.22. The number of amides is 3. The summed E-state index contributed by atoms with van der Waals surface area (Å²) in [5.74, 6) is -0.698. The average molecular weight is 362 g/mol. The Hall–Kier alpha value is -2.95. The molecule has 1 aliphatic heterocycles. The molecule has 2 aromatic rings. The van der Waals surface area contributed by atoms with Gasteiger partial charge in [0.25, 0.3) is 17.7 Å². The maximum absolute atomic E-state index is 12.9. The average Bonchev–Trinajstić information content (AvgIpc) is 2.98. The van der Waals surface area contributed by atoms with Gasteiger partial charge in [0.05, 0.1) is 11.1 Å².